The molecule has 2 rings (SSSR count). The average molecular weight is 243 g/mol. The third-order valence-electron chi connectivity index (χ3n) is 2.73. The molecule has 1 heterocycles. The van der Waals surface area contributed by atoms with Gasteiger partial charge in [0.1, 0.15) is 0 Å². The smallest absolute Gasteiger partial charge is 0.259 e. The summed E-state index contributed by atoms with van der Waals surface area (Å²) in [6, 6.07) is 8.87. The molecule has 0 aliphatic heterocycles. The molecule has 0 aliphatic carbocycles. The Kier molecular flexibility index (Phi) is 3.23. The number of hydrogen-bond acceptors (Lipinski definition) is 3. The van der Waals surface area contributed by atoms with Crippen molar-refractivity contribution < 1.29 is 9.59 Å². The number of carbonyl (C=O) groups excluding carboxylic acids is 2. The van der Waals surface area contributed by atoms with Crippen molar-refractivity contribution in [2.45, 2.75) is 6.92 Å². The third kappa shape index (κ3) is 2.15. The number of rotatable bonds is 3. The summed E-state index contributed by atoms with van der Waals surface area (Å²) < 4.78 is 0. The molecule has 0 saturated heterocycles. The monoisotopic (exact) mass is 243 g/mol. The number of aromatic amines is 1. The molecule has 0 saturated carbocycles. The Morgan fingerprint density at radius 3 is 2.72 bits per heavy atom. The van der Waals surface area contributed by atoms with Gasteiger partial charge in [0.05, 0.1) is 5.69 Å². The lowest BCUT2D eigenvalue weighted by atomic mass is 10.1. The zero-order chi connectivity index (χ0) is 13.1. The number of H-pyrrole nitrogens is 1. The first-order valence-electron chi connectivity index (χ1n) is 5.47. The van der Waals surface area contributed by atoms with Crippen molar-refractivity contribution in [3.8, 4) is 0 Å². The standard InChI is InChI=1S/C13H13N3O2/c1-9-5-3-4-6-11(9)13(18)16(2)12-7-10(8-17)14-15-12/h3-8H,1-2H3,(H,14,15). The van der Waals surface area contributed by atoms with Gasteiger partial charge in [-0.1, -0.05) is 18.2 Å². The Bertz CT molecular complexity index is 589. The lowest BCUT2D eigenvalue weighted by molar-refractivity contribution is 0.0991. The van der Waals surface area contributed by atoms with Crippen LogP contribution in [0.15, 0.2) is 30.3 Å². The number of aryl methyl sites for hydroxylation is 1. The van der Waals surface area contributed by atoms with Crippen LogP contribution in [0.3, 0.4) is 0 Å². The van der Waals surface area contributed by atoms with Crippen LogP contribution in [0.5, 0.6) is 0 Å². The van der Waals surface area contributed by atoms with E-state index < -0.39 is 0 Å². The summed E-state index contributed by atoms with van der Waals surface area (Å²) in [5, 5.41) is 6.46. The maximum atomic E-state index is 12.2. The molecule has 18 heavy (non-hydrogen) atoms. The lowest BCUT2D eigenvalue weighted by Gasteiger charge is -2.15. The number of nitrogens with one attached hydrogen (secondary N) is 1. The fraction of sp³-hybridized carbons (Fsp3) is 0.154. The molecule has 0 unspecified atom stereocenters. The molecule has 1 amide bonds. The molecule has 92 valence electrons. The maximum Gasteiger partial charge on any atom is 0.259 e. The average Bonchev–Trinajstić information content (AvgIpc) is 2.86. The number of hydrogen-bond donors (Lipinski definition) is 1. The zero-order valence-electron chi connectivity index (χ0n) is 10.2. The van der Waals surface area contributed by atoms with Crippen LogP contribution in [-0.2, 0) is 0 Å². The van der Waals surface area contributed by atoms with E-state index in [-0.39, 0.29) is 5.91 Å². The first kappa shape index (κ1) is 12.0. The van der Waals surface area contributed by atoms with Gasteiger partial charge in [0.15, 0.2) is 12.1 Å². The molecule has 0 atom stereocenters. The molecule has 1 aromatic heterocycles. The molecule has 0 radical (unpaired) electrons. The predicted molar refractivity (Wildman–Crippen MR) is 67.9 cm³/mol. The summed E-state index contributed by atoms with van der Waals surface area (Å²) in [7, 11) is 1.62. The number of aromatic nitrogens is 2. The number of carbonyl (C=O) groups is 2. The summed E-state index contributed by atoms with van der Waals surface area (Å²) in [5.74, 6) is 0.266. The van der Waals surface area contributed by atoms with Gasteiger partial charge in [0, 0.05) is 18.7 Å². The number of anilines is 1. The quantitative estimate of drug-likeness (QED) is 0.836. The van der Waals surface area contributed by atoms with Crippen molar-refractivity contribution in [2.24, 2.45) is 0 Å². The highest BCUT2D eigenvalue weighted by Crippen LogP contribution is 2.15. The van der Waals surface area contributed by atoms with Crippen LogP contribution in [0.2, 0.25) is 0 Å². The molecular formula is C13H13N3O2. The number of benzene rings is 1. The van der Waals surface area contributed by atoms with E-state index in [1.54, 1.807) is 13.1 Å². The van der Waals surface area contributed by atoms with Gasteiger partial charge >= 0.3 is 0 Å². The van der Waals surface area contributed by atoms with E-state index in [0.717, 1.165) is 5.56 Å². The second kappa shape index (κ2) is 4.83. The molecule has 1 aromatic carbocycles. The Morgan fingerprint density at radius 2 is 2.11 bits per heavy atom. The molecular weight excluding hydrogens is 230 g/mol. The minimum atomic E-state index is -0.156. The molecule has 0 aliphatic rings. The van der Waals surface area contributed by atoms with Gasteiger partial charge in [0.2, 0.25) is 0 Å². The molecule has 2 aromatic rings. The van der Waals surface area contributed by atoms with E-state index in [2.05, 4.69) is 10.2 Å². The normalized spacial score (nSPS) is 10.1. The molecule has 1 N–H and O–H groups in total. The second-order valence-corrected chi connectivity index (χ2v) is 3.98. The third-order valence-corrected chi connectivity index (χ3v) is 2.73. The lowest BCUT2D eigenvalue weighted by Crippen LogP contribution is -2.27. The predicted octanol–water partition coefficient (Wildman–Crippen LogP) is 1.81. The van der Waals surface area contributed by atoms with E-state index in [9.17, 15) is 9.59 Å². The van der Waals surface area contributed by atoms with Crippen molar-refractivity contribution in [2.75, 3.05) is 11.9 Å². The molecule has 0 bridgehead atoms. The van der Waals surface area contributed by atoms with Gasteiger partial charge in [-0.15, -0.1) is 0 Å². The largest absolute Gasteiger partial charge is 0.296 e. The molecule has 0 fully saturated rings. The number of amides is 1. The first-order chi connectivity index (χ1) is 8.63. The van der Waals surface area contributed by atoms with Gasteiger partial charge in [0.25, 0.3) is 5.91 Å². The Labute approximate surface area is 104 Å². The van der Waals surface area contributed by atoms with Crippen LogP contribution in [0.25, 0.3) is 0 Å². The van der Waals surface area contributed by atoms with E-state index in [1.165, 1.54) is 11.0 Å². The van der Waals surface area contributed by atoms with Gasteiger partial charge < -0.3 is 0 Å². The number of nitrogens with zero attached hydrogens (tertiary/aromatic N) is 2. The first-order valence-corrected chi connectivity index (χ1v) is 5.47. The van der Waals surface area contributed by atoms with Crippen molar-refractivity contribution in [3.63, 3.8) is 0 Å². The van der Waals surface area contributed by atoms with Gasteiger partial charge in [-0.3, -0.25) is 19.6 Å². The molecule has 0 spiro atoms. The second-order valence-electron chi connectivity index (χ2n) is 3.98. The Hall–Kier alpha value is -2.43. The fourth-order valence-corrected chi connectivity index (χ4v) is 1.66. The topological polar surface area (TPSA) is 66.1 Å². The van der Waals surface area contributed by atoms with Crippen molar-refractivity contribution in [3.05, 3.63) is 47.2 Å². The highest BCUT2D eigenvalue weighted by Gasteiger charge is 2.17. The summed E-state index contributed by atoms with van der Waals surface area (Å²) in [4.78, 5) is 24.2. The maximum absolute atomic E-state index is 12.2. The van der Waals surface area contributed by atoms with Gasteiger partial charge in [-0.05, 0) is 18.6 Å². The summed E-state index contributed by atoms with van der Waals surface area (Å²) in [6.07, 6.45) is 0.655. The minimum absolute atomic E-state index is 0.156. The Morgan fingerprint density at radius 1 is 1.39 bits per heavy atom. The van der Waals surface area contributed by atoms with Crippen LogP contribution in [0, 0.1) is 6.92 Å². The van der Waals surface area contributed by atoms with Crippen LogP contribution < -0.4 is 4.90 Å². The molecule has 5 nitrogen and oxygen atoms in total. The zero-order valence-corrected chi connectivity index (χ0v) is 10.2. The van der Waals surface area contributed by atoms with Crippen LogP contribution in [0.4, 0.5) is 5.82 Å². The van der Waals surface area contributed by atoms with E-state index in [4.69, 9.17) is 0 Å². The highest BCUT2D eigenvalue weighted by atomic mass is 16.2. The van der Waals surface area contributed by atoms with Crippen molar-refractivity contribution in [1.82, 2.24) is 10.2 Å². The van der Waals surface area contributed by atoms with Crippen molar-refractivity contribution in [1.29, 1.82) is 0 Å². The molecule has 5 heteroatoms. The van der Waals surface area contributed by atoms with Crippen LogP contribution in [-0.4, -0.2) is 29.4 Å². The fourth-order valence-electron chi connectivity index (χ4n) is 1.66. The summed E-state index contributed by atoms with van der Waals surface area (Å²) in [6.45, 7) is 1.88. The van der Waals surface area contributed by atoms with E-state index in [0.29, 0.717) is 23.4 Å². The van der Waals surface area contributed by atoms with Crippen molar-refractivity contribution >= 4 is 18.0 Å². The highest BCUT2D eigenvalue weighted by molar-refractivity contribution is 6.06. The number of aldehydes is 1. The van der Waals surface area contributed by atoms with Crippen LogP contribution >= 0.6 is 0 Å². The van der Waals surface area contributed by atoms with E-state index in [1.807, 2.05) is 25.1 Å². The van der Waals surface area contributed by atoms with Crippen LogP contribution in [0.1, 0.15) is 26.4 Å². The summed E-state index contributed by atoms with van der Waals surface area (Å²) in [5.41, 5.74) is 1.87. The SMILES string of the molecule is Cc1ccccc1C(=O)N(C)c1cc(C=O)[nH]n1. The van der Waals surface area contributed by atoms with Gasteiger partial charge in [-0.25, -0.2) is 0 Å². The van der Waals surface area contributed by atoms with Gasteiger partial charge in [-0.2, -0.15) is 5.10 Å². The summed E-state index contributed by atoms with van der Waals surface area (Å²) >= 11 is 0. The minimum Gasteiger partial charge on any atom is -0.296 e. The Balaban J connectivity index is 2.29. The van der Waals surface area contributed by atoms with E-state index >= 15 is 0 Å².